The van der Waals surface area contributed by atoms with Gasteiger partial charge in [0.2, 0.25) is 0 Å². The van der Waals surface area contributed by atoms with Gasteiger partial charge < -0.3 is 10.1 Å². The van der Waals surface area contributed by atoms with Gasteiger partial charge in [-0.05, 0) is 12.1 Å². The lowest BCUT2D eigenvalue weighted by molar-refractivity contribution is -0.385. The van der Waals surface area contributed by atoms with E-state index in [1.165, 1.54) is 12.1 Å². The molecule has 0 fully saturated rings. The Labute approximate surface area is 118 Å². The highest BCUT2D eigenvalue weighted by molar-refractivity contribution is 6.30. The number of hydrogen-bond acceptors (Lipinski definition) is 4. The van der Waals surface area contributed by atoms with Gasteiger partial charge in [-0.2, -0.15) is 0 Å². The number of nitro benzene ring substituents is 1. The van der Waals surface area contributed by atoms with Gasteiger partial charge in [0.1, 0.15) is 0 Å². The van der Waals surface area contributed by atoms with Crippen LogP contribution in [0.1, 0.15) is 20.8 Å². The lowest BCUT2D eigenvalue weighted by Gasteiger charge is -2.15. The number of nitrogens with one attached hydrogen (secondary N) is 1. The number of benzene rings is 1. The first-order valence-electron chi connectivity index (χ1n) is 6.20. The third kappa shape index (κ3) is 5.44. The molecule has 1 unspecified atom stereocenters. The molecule has 106 valence electrons. The van der Waals surface area contributed by atoms with Crippen molar-refractivity contribution in [2.75, 3.05) is 13.2 Å². The molecule has 1 aromatic carbocycles. The molecule has 1 N–H and O–H groups in total. The smallest absolute Gasteiger partial charge is 0.312 e. The Balaban J connectivity index is 2.60. The van der Waals surface area contributed by atoms with E-state index in [0.717, 1.165) is 6.54 Å². The average Bonchev–Trinajstić information content (AvgIpc) is 2.34. The van der Waals surface area contributed by atoms with E-state index in [4.69, 9.17) is 16.3 Å². The van der Waals surface area contributed by atoms with Crippen molar-refractivity contribution < 1.29 is 9.66 Å². The summed E-state index contributed by atoms with van der Waals surface area (Å²) in [6.07, 6.45) is 0. The minimum Gasteiger partial charge on any atom is -0.486 e. The predicted molar refractivity (Wildman–Crippen MR) is 75.9 cm³/mol. The molecule has 0 radical (unpaired) electrons. The monoisotopic (exact) mass is 286 g/mol. The molecule has 0 heterocycles. The molecule has 0 spiro atoms. The largest absolute Gasteiger partial charge is 0.486 e. The van der Waals surface area contributed by atoms with Gasteiger partial charge in [0.05, 0.1) is 11.5 Å². The first-order chi connectivity index (χ1) is 8.90. The van der Waals surface area contributed by atoms with Crippen LogP contribution in [0.2, 0.25) is 5.02 Å². The van der Waals surface area contributed by atoms with Crippen molar-refractivity contribution >= 4 is 17.3 Å². The number of rotatable bonds is 7. The summed E-state index contributed by atoms with van der Waals surface area (Å²) < 4.78 is 5.51. The molecule has 0 aliphatic rings. The maximum atomic E-state index is 10.9. The molecule has 0 saturated heterocycles. The minimum absolute atomic E-state index is 0.100. The average molecular weight is 287 g/mol. The van der Waals surface area contributed by atoms with E-state index in [1.807, 2.05) is 6.92 Å². The fraction of sp³-hybridized carbons (Fsp3) is 0.538. The van der Waals surface area contributed by atoms with Gasteiger partial charge >= 0.3 is 5.69 Å². The maximum absolute atomic E-state index is 10.9. The molecule has 19 heavy (non-hydrogen) atoms. The van der Waals surface area contributed by atoms with Gasteiger partial charge in [-0.3, -0.25) is 10.1 Å². The van der Waals surface area contributed by atoms with Crippen LogP contribution in [-0.2, 0) is 0 Å². The third-order valence-corrected chi connectivity index (χ3v) is 2.75. The van der Waals surface area contributed by atoms with E-state index < -0.39 is 4.92 Å². The highest BCUT2D eigenvalue weighted by atomic mass is 35.5. The van der Waals surface area contributed by atoms with Gasteiger partial charge in [-0.25, -0.2) is 0 Å². The summed E-state index contributed by atoms with van der Waals surface area (Å²) in [5.74, 6) is 0.517. The van der Waals surface area contributed by atoms with Gasteiger partial charge in [-0.15, -0.1) is 0 Å². The normalized spacial score (nSPS) is 12.5. The van der Waals surface area contributed by atoms with Gasteiger partial charge in [0.25, 0.3) is 0 Å². The zero-order chi connectivity index (χ0) is 14.4. The molecule has 0 saturated carbocycles. The van der Waals surface area contributed by atoms with Crippen molar-refractivity contribution in [1.29, 1.82) is 0 Å². The fourth-order valence-corrected chi connectivity index (χ4v) is 1.65. The zero-order valence-electron chi connectivity index (χ0n) is 11.4. The van der Waals surface area contributed by atoms with Crippen molar-refractivity contribution in [3.8, 4) is 5.75 Å². The second kappa shape index (κ2) is 7.31. The van der Waals surface area contributed by atoms with Crippen LogP contribution in [0.4, 0.5) is 5.69 Å². The van der Waals surface area contributed by atoms with E-state index in [9.17, 15) is 10.1 Å². The molecule has 6 heteroatoms. The van der Waals surface area contributed by atoms with Crippen LogP contribution < -0.4 is 10.1 Å². The summed E-state index contributed by atoms with van der Waals surface area (Å²) in [7, 11) is 0. The van der Waals surface area contributed by atoms with Gasteiger partial charge in [0.15, 0.2) is 5.75 Å². The number of ether oxygens (including phenoxy) is 1. The zero-order valence-corrected chi connectivity index (χ0v) is 12.1. The van der Waals surface area contributed by atoms with Crippen LogP contribution in [0.3, 0.4) is 0 Å². The Morgan fingerprint density at radius 2 is 2.11 bits per heavy atom. The molecule has 0 aromatic heterocycles. The van der Waals surface area contributed by atoms with Crippen molar-refractivity contribution in [2.24, 2.45) is 5.92 Å². The Morgan fingerprint density at radius 3 is 2.68 bits per heavy atom. The van der Waals surface area contributed by atoms with Crippen LogP contribution in [0.15, 0.2) is 18.2 Å². The van der Waals surface area contributed by atoms with Crippen LogP contribution in [0.25, 0.3) is 0 Å². The Bertz CT molecular complexity index is 438. The summed E-state index contributed by atoms with van der Waals surface area (Å²) in [4.78, 5) is 10.4. The quantitative estimate of drug-likeness (QED) is 0.617. The van der Waals surface area contributed by atoms with Crippen LogP contribution in [0.5, 0.6) is 5.75 Å². The SMILES string of the molecule is CC(CNC(C)C)COc1ccc(Cl)cc1[N+](=O)[O-]. The Morgan fingerprint density at radius 1 is 1.42 bits per heavy atom. The molecule has 0 aliphatic heterocycles. The van der Waals surface area contributed by atoms with Crippen molar-refractivity contribution in [3.05, 3.63) is 33.3 Å². The second-order valence-corrected chi connectivity index (χ2v) is 5.28. The Hall–Kier alpha value is -1.33. The van der Waals surface area contributed by atoms with E-state index >= 15 is 0 Å². The van der Waals surface area contributed by atoms with E-state index in [1.54, 1.807) is 6.07 Å². The van der Waals surface area contributed by atoms with Crippen molar-refractivity contribution in [1.82, 2.24) is 5.32 Å². The summed E-state index contributed by atoms with van der Waals surface area (Å²) in [5.41, 5.74) is -0.100. The van der Waals surface area contributed by atoms with E-state index in [2.05, 4.69) is 19.2 Å². The first kappa shape index (κ1) is 15.7. The topological polar surface area (TPSA) is 64.4 Å². The second-order valence-electron chi connectivity index (χ2n) is 4.85. The molecule has 1 rings (SSSR count). The molecule has 1 aromatic rings. The lowest BCUT2D eigenvalue weighted by atomic mass is 10.2. The van der Waals surface area contributed by atoms with Crippen LogP contribution in [-0.4, -0.2) is 24.1 Å². The molecule has 5 nitrogen and oxygen atoms in total. The first-order valence-corrected chi connectivity index (χ1v) is 6.58. The molecule has 0 aliphatic carbocycles. The molecule has 1 atom stereocenters. The van der Waals surface area contributed by atoms with Gasteiger partial charge in [0, 0.05) is 29.6 Å². The predicted octanol–water partition coefficient (Wildman–Crippen LogP) is 3.26. The fourth-order valence-electron chi connectivity index (χ4n) is 1.48. The van der Waals surface area contributed by atoms with Crippen LogP contribution in [0, 0.1) is 16.0 Å². The summed E-state index contributed by atoms with van der Waals surface area (Å²) in [6.45, 7) is 7.38. The number of nitro groups is 1. The summed E-state index contributed by atoms with van der Waals surface area (Å²) in [5, 5.41) is 14.5. The van der Waals surface area contributed by atoms with Crippen LogP contribution >= 0.6 is 11.6 Å². The minimum atomic E-state index is -0.488. The highest BCUT2D eigenvalue weighted by Gasteiger charge is 2.16. The van der Waals surface area contributed by atoms with Crippen molar-refractivity contribution in [3.63, 3.8) is 0 Å². The van der Waals surface area contributed by atoms with Crippen molar-refractivity contribution in [2.45, 2.75) is 26.8 Å². The lowest BCUT2D eigenvalue weighted by Crippen LogP contribution is -2.30. The Kier molecular flexibility index (Phi) is 6.05. The summed E-state index contributed by atoms with van der Waals surface area (Å²) in [6, 6.07) is 4.82. The number of halogens is 1. The molecule has 0 amide bonds. The maximum Gasteiger partial charge on any atom is 0.312 e. The standard InChI is InChI=1S/C13H19ClN2O3/c1-9(2)15-7-10(3)8-19-13-5-4-11(14)6-12(13)16(17)18/h4-6,9-10,15H,7-8H2,1-3H3. The van der Waals surface area contributed by atoms with Gasteiger partial charge in [-0.1, -0.05) is 32.4 Å². The number of hydrogen-bond donors (Lipinski definition) is 1. The van der Waals surface area contributed by atoms with E-state index in [-0.39, 0.29) is 17.4 Å². The summed E-state index contributed by atoms with van der Waals surface area (Å²) >= 11 is 5.74. The van der Waals surface area contributed by atoms with E-state index in [0.29, 0.717) is 17.7 Å². The molecule has 0 bridgehead atoms. The molecular formula is C13H19ClN2O3. The third-order valence-electron chi connectivity index (χ3n) is 2.52. The number of nitrogens with zero attached hydrogens (tertiary/aromatic N) is 1. The highest BCUT2D eigenvalue weighted by Crippen LogP contribution is 2.30. The molecular weight excluding hydrogens is 268 g/mol.